The van der Waals surface area contributed by atoms with Crippen LogP contribution in [0, 0.1) is 6.92 Å². The van der Waals surface area contributed by atoms with Crippen molar-refractivity contribution in [1.82, 2.24) is 29.6 Å². The predicted molar refractivity (Wildman–Crippen MR) is 115 cm³/mol. The van der Waals surface area contributed by atoms with E-state index in [1.165, 1.54) is 5.56 Å². The van der Waals surface area contributed by atoms with Crippen molar-refractivity contribution in [3.05, 3.63) is 59.7 Å². The largest absolute Gasteiger partial charge is 0.380 e. The molecule has 0 atom stereocenters. The lowest BCUT2D eigenvalue weighted by atomic mass is 10.0. The molecule has 0 radical (unpaired) electrons. The second-order valence-electron chi connectivity index (χ2n) is 7.95. The summed E-state index contributed by atoms with van der Waals surface area (Å²) in [5.41, 5.74) is 5.79. The maximum absolute atomic E-state index is 4.88. The normalized spacial score (nSPS) is 11.7. The molecule has 3 aromatic heterocycles. The van der Waals surface area contributed by atoms with Gasteiger partial charge in [-0.2, -0.15) is 14.7 Å². The van der Waals surface area contributed by atoms with E-state index < -0.39 is 0 Å². The van der Waals surface area contributed by atoms with Crippen molar-refractivity contribution in [2.45, 2.75) is 53.1 Å². The molecule has 4 rings (SSSR count). The van der Waals surface area contributed by atoms with Crippen molar-refractivity contribution in [1.29, 1.82) is 0 Å². The molecule has 7 heteroatoms. The van der Waals surface area contributed by atoms with Crippen molar-refractivity contribution in [2.24, 2.45) is 0 Å². The predicted octanol–water partition coefficient (Wildman–Crippen LogP) is 4.29. The quantitative estimate of drug-likeness (QED) is 0.533. The van der Waals surface area contributed by atoms with Crippen LogP contribution in [-0.2, 0) is 6.42 Å². The van der Waals surface area contributed by atoms with Crippen LogP contribution >= 0.6 is 0 Å². The van der Waals surface area contributed by atoms with Crippen molar-refractivity contribution in [3.8, 4) is 11.3 Å². The Bertz CT molecular complexity index is 1120. The first-order valence-electron chi connectivity index (χ1n) is 10.0. The van der Waals surface area contributed by atoms with Crippen LogP contribution in [0.1, 0.15) is 50.8 Å². The van der Waals surface area contributed by atoms with Crippen LogP contribution in [0.25, 0.3) is 16.9 Å². The summed E-state index contributed by atoms with van der Waals surface area (Å²) in [4.78, 5) is 0. The third-order valence-electron chi connectivity index (χ3n) is 4.80. The van der Waals surface area contributed by atoms with Gasteiger partial charge in [-0.05, 0) is 46.2 Å². The first kappa shape index (κ1) is 19.1. The van der Waals surface area contributed by atoms with Gasteiger partial charge in [0.15, 0.2) is 5.82 Å². The molecule has 29 heavy (non-hydrogen) atoms. The number of fused-ring (bicyclic) bond motifs is 1. The summed E-state index contributed by atoms with van der Waals surface area (Å²) in [7, 11) is 0. The molecule has 3 heterocycles. The van der Waals surface area contributed by atoms with Gasteiger partial charge in [-0.3, -0.25) is 4.68 Å². The zero-order chi connectivity index (χ0) is 20.5. The van der Waals surface area contributed by atoms with E-state index in [0.717, 1.165) is 40.5 Å². The van der Waals surface area contributed by atoms with E-state index in [2.05, 4.69) is 79.7 Å². The van der Waals surface area contributed by atoms with Crippen LogP contribution in [0.2, 0.25) is 0 Å². The number of hydrogen-bond donors (Lipinski definition) is 1. The first-order valence-corrected chi connectivity index (χ1v) is 10.0. The van der Waals surface area contributed by atoms with E-state index in [9.17, 15) is 0 Å². The van der Waals surface area contributed by atoms with E-state index in [1.807, 2.05) is 17.7 Å². The summed E-state index contributed by atoms with van der Waals surface area (Å²) >= 11 is 0. The smallest absolute Gasteiger partial charge is 0.200 e. The van der Waals surface area contributed by atoms with Gasteiger partial charge in [-0.1, -0.05) is 30.3 Å². The molecule has 1 aromatic carbocycles. The summed E-state index contributed by atoms with van der Waals surface area (Å²) in [6.07, 6.45) is 2.85. The van der Waals surface area contributed by atoms with Crippen LogP contribution < -0.4 is 5.32 Å². The number of benzene rings is 1. The van der Waals surface area contributed by atoms with Gasteiger partial charge in [0.1, 0.15) is 0 Å². The second kappa shape index (κ2) is 7.66. The number of hydrogen-bond acceptors (Lipinski definition) is 5. The molecule has 0 saturated carbocycles. The van der Waals surface area contributed by atoms with Crippen LogP contribution in [-0.4, -0.2) is 35.6 Å². The molecule has 0 unspecified atom stereocenters. The third kappa shape index (κ3) is 3.85. The van der Waals surface area contributed by atoms with Gasteiger partial charge in [0.05, 0.1) is 17.1 Å². The molecule has 0 aliphatic rings. The van der Waals surface area contributed by atoms with Gasteiger partial charge in [0.2, 0.25) is 5.65 Å². The lowest BCUT2D eigenvalue weighted by molar-refractivity contribution is 0.527. The first-order chi connectivity index (χ1) is 13.9. The van der Waals surface area contributed by atoms with Crippen molar-refractivity contribution >= 4 is 11.3 Å². The standard InChI is InChI=1S/C22H27N7/c1-14(2)23-21-12-20(27-29-16(5)24-25-22(21)29)18-13-28(15(3)4)26-19(18)11-17-9-7-6-8-10-17/h6-10,12-15,23H,11H2,1-5H3. The molecule has 4 aromatic rings. The fourth-order valence-corrected chi connectivity index (χ4v) is 3.36. The Labute approximate surface area is 170 Å². The number of nitrogens with zero attached hydrogens (tertiary/aromatic N) is 6. The lowest BCUT2D eigenvalue weighted by Gasteiger charge is -2.12. The van der Waals surface area contributed by atoms with E-state index in [0.29, 0.717) is 0 Å². The summed E-state index contributed by atoms with van der Waals surface area (Å²) in [5, 5.41) is 21.7. The molecule has 0 fully saturated rings. The summed E-state index contributed by atoms with van der Waals surface area (Å²) < 4.78 is 3.81. The minimum absolute atomic E-state index is 0.270. The highest BCUT2D eigenvalue weighted by Crippen LogP contribution is 2.29. The Morgan fingerprint density at radius 3 is 2.45 bits per heavy atom. The second-order valence-corrected chi connectivity index (χ2v) is 7.95. The zero-order valence-corrected chi connectivity index (χ0v) is 17.6. The van der Waals surface area contributed by atoms with Gasteiger partial charge < -0.3 is 5.32 Å². The van der Waals surface area contributed by atoms with Gasteiger partial charge in [0.25, 0.3) is 0 Å². The van der Waals surface area contributed by atoms with Gasteiger partial charge in [-0.15, -0.1) is 10.2 Å². The lowest BCUT2D eigenvalue weighted by Crippen LogP contribution is -2.12. The molecule has 0 saturated heterocycles. The topological polar surface area (TPSA) is 72.9 Å². The molecule has 0 aliphatic heterocycles. The summed E-state index contributed by atoms with van der Waals surface area (Å²) in [5.74, 6) is 0.759. The van der Waals surface area contributed by atoms with Crippen LogP contribution in [0.4, 0.5) is 5.69 Å². The van der Waals surface area contributed by atoms with Gasteiger partial charge >= 0.3 is 0 Å². The Kier molecular flexibility index (Phi) is 5.05. The number of aromatic nitrogens is 6. The Morgan fingerprint density at radius 1 is 1.00 bits per heavy atom. The molecule has 0 spiro atoms. The highest BCUT2D eigenvalue weighted by molar-refractivity contribution is 5.74. The highest BCUT2D eigenvalue weighted by atomic mass is 15.4. The van der Waals surface area contributed by atoms with Gasteiger partial charge in [0, 0.05) is 30.3 Å². The minimum Gasteiger partial charge on any atom is -0.380 e. The number of nitrogens with one attached hydrogen (secondary N) is 1. The van der Waals surface area contributed by atoms with Crippen molar-refractivity contribution in [2.75, 3.05) is 5.32 Å². The Balaban J connectivity index is 1.87. The number of aryl methyl sites for hydroxylation is 1. The van der Waals surface area contributed by atoms with Gasteiger partial charge in [-0.25, -0.2) is 0 Å². The SMILES string of the molecule is Cc1nnc2c(NC(C)C)cc(-c3cn(C(C)C)nc3Cc3ccccc3)nn12. The Hall–Kier alpha value is -3.22. The van der Waals surface area contributed by atoms with E-state index in [1.54, 1.807) is 4.52 Å². The molecular formula is C22H27N7. The van der Waals surface area contributed by atoms with Crippen LogP contribution in [0.15, 0.2) is 42.6 Å². The molecule has 1 N–H and O–H groups in total. The number of anilines is 1. The summed E-state index contributed by atoms with van der Waals surface area (Å²) in [6, 6.07) is 13.0. The maximum atomic E-state index is 4.88. The average molecular weight is 390 g/mol. The van der Waals surface area contributed by atoms with E-state index >= 15 is 0 Å². The average Bonchev–Trinajstić information content (AvgIpc) is 3.27. The molecule has 7 nitrogen and oxygen atoms in total. The van der Waals surface area contributed by atoms with Crippen LogP contribution in [0.3, 0.4) is 0 Å². The summed E-state index contributed by atoms with van der Waals surface area (Å²) in [6.45, 7) is 10.4. The zero-order valence-electron chi connectivity index (χ0n) is 17.6. The number of rotatable bonds is 6. The maximum Gasteiger partial charge on any atom is 0.200 e. The fourth-order valence-electron chi connectivity index (χ4n) is 3.36. The molecular weight excluding hydrogens is 362 g/mol. The third-order valence-corrected chi connectivity index (χ3v) is 4.80. The van der Waals surface area contributed by atoms with E-state index in [4.69, 9.17) is 10.2 Å². The Morgan fingerprint density at radius 2 is 1.76 bits per heavy atom. The molecule has 0 bridgehead atoms. The highest BCUT2D eigenvalue weighted by Gasteiger charge is 2.18. The minimum atomic E-state index is 0.270. The van der Waals surface area contributed by atoms with Crippen molar-refractivity contribution < 1.29 is 0 Å². The monoisotopic (exact) mass is 389 g/mol. The fraction of sp³-hybridized carbons (Fsp3) is 0.364. The van der Waals surface area contributed by atoms with Crippen molar-refractivity contribution in [3.63, 3.8) is 0 Å². The van der Waals surface area contributed by atoms with E-state index in [-0.39, 0.29) is 12.1 Å². The molecule has 0 aliphatic carbocycles. The molecule has 150 valence electrons. The molecule has 0 amide bonds. The van der Waals surface area contributed by atoms with Crippen LogP contribution in [0.5, 0.6) is 0 Å².